The summed E-state index contributed by atoms with van der Waals surface area (Å²) < 4.78 is 38.9. The number of ether oxygens (including phenoxy) is 1. The number of morpholine rings is 2. The predicted octanol–water partition coefficient (Wildman–Crippen LogP) is 1.03. The van der Waals surface area contributed by atoms with E-state index in [1.54, 1.807) is 13.8 Å². The Kier molecular flexibility index (Phi) is 6.41. The molecule has 0 amide bonds. The van der Waals surface area contributed by atoms with Gasteiger partial charge in [0.1, 0.15) is 10.6 Å². The van der Waals surface area contributed by atoms with E-state index in [1.807, 2.05) is 24.3 Å². The summed E-state index contributed by atoms with van der Waals surface area (Å²) in [6, 6.07) is 9.85. The van der Waals surface area contributed by atoms with E-state index in [9.17, 15) is 8.42 Å². The molecular weight excluding hydrogens is 418 g/mol. The Balaban J connectivity index is 1.27. The van der Waals surface area contributed by atoms with Crippen LogP contribution in [0.3, 0.4) is 0 Å². The van der Waals surface area contributed by atoms with Crippen LogP contribution in [0.25, 0.3) is 0 Å². The van der Waals surface area contributed by atoms with Crippen LogP contribution in [-0.4, -0.2) is 74.9 Å². The van der Waals surface area contributed by atoms with E-state index in [0.717, 1.165) is 32.7 Å². The van der Waals surface area contributed by atoms with Crippen molar-refractivity contribution in [3.8, 4) is 6.07 Å². The lowest BCUT2D eigenvalue weighted by Crippen LogP contribution is -2.59. The number of sulfonamides is 1. The summed E-state index contributed by atoms with van der Waals surface area (Å²) in [5.74, 6) is 0.299. The zero-order valence-electron chi connectivity index (χ0n) is 17.7. The van der Waals surface area contributed by atoms with Crippen molar-refractivity contribution < 1.29 is 17.7 Å². The van der Waals surface area contributed by atoms with Crippen LogP contribution in [0, 0.1) is 25.2 Å². The fourth-order valence-electron chi connectivity index (χ4n) is 4.38. The largest absolute Gasteiger partial charge is 0.370 e. The number of aromatic nitrogens is 1. The summed E-state index contributed by atoms with van der Waals surface area (Å²) in [6.45, 7) is 8.20. The van der Waals surface area contributed by atoms with Crippen LogP contribution in [-0.2, 0) is 21.3 Å². The van der Waals surface area contributed by atoms with Crippen LogP contribution in [0.15, 0.2) is 33.7 Å². The molecule has 0 radical (unpaired) electrons. The predicted molar refractivity (Wildman–Crippen MR) is 113 cm³/mol. The average molecular weight is 446 g/mol. The van der Waals surface area contributed by atoms with Crippen LogP contribution in [0.1, 0.15) is 22.6 Å². The monoisotopic (exact) mass is 445 g/mol. The van der Waals surface area contributed by atoms with Gasteiger partial charge in [0.05, 0.1) is 23.8 Å². The van der Waals surface area contributed by atoms with Gasteiger partial charge in [-0.25, -0.2) is 13.1 Å². The maximum Gasteiger partial charge on any atom is 0.246 e. The van der Waals surface area contributed by atoms with Gasteiger partial charge in [-0.15, -0.1) is 0 Å². The lowest BCUT2D eigenvalue weighted by Gasteiger charge is -2.46. The molecule has 1 aromatic carbocycles. The van der Waals surface area contributed by atoms with Crippen LogP contribution in [0.5, 0.6) is 0 Å². The second-order valence-electron chi connectivity index (χ2n) is 8.19. The Labute approximate surface area is 182 Å². The van der Waals surface area contributed by atoms with Crippen LogP contribution in [0.4, 0.5) is 0 Å². The molecule has 1 N–H and O–H groups in total. The summed E-state index contributed by atoms with van der Waals surface area (Å²) in [4.78, 5) is 4.77. The highest BCUT2D eigenvalue weighted by Crippen LogP contribution is 2.21. The van der Waals surface area contributed by atoms with Crippen molar-refractivity contribution in [2.45, 2.75) is 37.5 Å². The van der Waals surface area contributed by atoms with Gasteiger partial charge in [0.25, 0.3) is 0 Å². The molecule has 0 spiro atoms. The first kappa shape index (κ1) is 21.9. The molecule has 3 heterocycles. The molecule has 31 heavy (non-hydrogen) atoms. The number of rotatable bonds is 7. The molecule has 2 aliphatic heterocycles. The fourth-order valence-corrected chi connectivity index (χ4v) is 5.73. The van der Waals surface area contributed by atoms with E-state index in [-0.39, 0.29) is 17.1 Å². The molecule has 2 saturated heterocycles. The molecule has 2 atom stereocenters. The van der Waals surface area contributed by atoms with E-state index in [1.165, 1.54) is 5.56 Å². The Morgan fingerprint density at radius 3 is 2.35 bits per heavy atom. The first-order valence-electron chi connectivity index (χ1n) is 10.4. The van der Waals surface area contributed by atoms with Crippen molar-refractivity contribution in [3.63, 3.8) is 0 Å². The summed E-state index contributed by atoms with van der Waals surface area (Å²) >= 11 is 0. The van der Waals surface area contributed by atoms with Gasteiger partial charge in [-0.1, -0.05) is 17.3 Å². The topological polar surface area (TPSA) is 112 Å². The summed E-state index contributed by atoms with van der Waals surface area (Å²) in [5, 5.41) is 12.7. The SMILES string of the molecule is Cc1noc(C)c1S(=O)(=O)NCCN1CC2CN(Cc3ccc(C#N)cc3)CC(C1)O2. The number of nitriles is 1. The van der Waals surface area contributed by atoms with Crippen molar-refractivity contribution in [2.75, 3.05) is 39.3 Å². The van der Waals surface area contributed by atoms with Gasteiger partial charge in [0.2, 0.25) is 10.0 Å². The maximum absolute atomic E-state index is 12.6. The molecule has 2 fully saturated rings. The molecule has 0 aliphatic carbocycles. The van der Waals surface area contributed by atoms with Crippen molar-refractivity contribution >= 4 is 10.0 Å². The summed E-state index contributed by atoms with van der Waals surface area (Å²) in [7, 11) is -3.64. The van der Waals surface area contributed by atoms with Gasteiger partial charge >= 0.3 is 0 Å². The van der Waals surface area contributed by atoms with Gasteiger partial charge in [-0.05, 0) is 31.5 Å². The van der Waals surface area contributed by atoms with Gasteiger partial charge in [0, 0.05) is 45.8 Å². The van der Waals surface area contributed by atoms with Gasteiger partial charge in [-0.3, -0.25) is 9.80 Å². The van der Waals surface area contributed by atoms with Crippen LogP contribution < -0.4 is 4.72 Å². The van der Waals surface area contributed by atoms with E-state index in [0.29, 0.717) is 30.1 Å². The van der Waals surface area contributed by atoms with E-state index in [2.05, 4.69) is 25.7 Å². The zero-order chi connectivity index (χ0) is 22.0. The molecule has 4 rings (SSSR count). The van der Waals surface area contributed by atoms with Crippen molar-refractivity contribution in [3.05, 3.63) is 46.8 Å². The quantitative estimate of drug-likeness (QED) is 0.673. The Morgan fingerprint density at radius 1 is 1.13 bits per heavy atom. The van der Waals surface area contributed by atoms with E-state index >= 15 is 0 Å². The molecule has 1 aromatic heterocycles. The number of nitrogens with one attached hydrogen (secondary N) is 1. The molecule has 2 aromatic rings. The molecule has 166 valence electrons. The summed E-state index contributed by atoms with van der Waals surface area (Å²) in [5.41, 5.74) is 2.22. The Bertz CT molecular complexity index is 1030. The third kappa shape index (κ3) is 5.14. The van der Waals surface area contributed by atoms with Crippen LogP contribution >= 0.6 is 0 Å². The molecule has 10 heteroatoms. The van der Waals surface area contributed by atoms with Gasteiger partial charge in [-0.2, -0.15) is 5.26 Å². The first-order chi connectivity index (χ1) is 14.8. The van der Waals surface area contributed by atoms with Gasteiger partial charge in [0.15, 0.2) is 5.76 Å². The fraction of sp³-hybridized carbons (Fsp3) is 0.524. The molecule has 2 unspecified atom stereocenters. The number of fused-ring (bicyclic) bond motifs is 2. The third-order valence-electron chi connectivity index (χ3n) is 5.68. The number of hydrogen-bond acceptors (Lipinski definition) is 8. The number of hydrogen-bond donors (Lipinski definition) is 1. The number of benzene rings is 1. The van der Waals surface area contributed by atoms with E-state index in [4.69, 9.17) is 14.5 Å². The average Bonchev–Trinajstić information content (AvgIpc) is 3.07. The van der Waals surface area contributed by atoms with Gasteiger partial charge < -0.3 is 9.26 Å². The summed E-state index contributed by atoms with van der Waals surface area (Å²) in [6.07, 6.45) is 0.204. The lowest BCUT2D eigenvalue weighted by molar-refractivity contribution is -0.139. The van der Waals surface area contributed by atoms with Crippen molar-refractivity contribution in [1.82, 2.24) is 19.7 Å². The normalized spacial score (nSPS) is 22.4. The molecule has 2 aliphatic rings. The highest BCUT2D eigenvalue weighted by Gasteiger charge is 2.35. The maximum atomic E-state index is 12.6. The van der Waals surface area contributed by atoms with Crippen LogP contribution in [0.2, 0.25) is 0 Å². The standard InChI is InChI=1S/C21H27N5O4S/c1-15-21(16(2)30-24-15)31(27,28)23-7-8-25-11-19-13-26(14-20(12-25)29-19)10-18-5-3-17(9-22)4-6-18/h3-6,19-20,23H,7-8,10-14H2,1-2H3. The number of aryl methyl sites for hydroxylation is 2. The highest BCUT2D eigenvalue weighted by molar-refractivity contribution is 7.89. The third-order valence-corrected chi connectivity index (χ3v) is 7.38. The highest BCUT2D eigenvalue weighted by atomic mass is 32.2. The molecular formula is C21H27N5O4S. The molecule has 0 saturated carbocycles. The smallest absolute Gasteiger partial charge is 0.246 e. The van der Waals surface area contributed by atoms with Crippen molar-refractivity contribution in [2.24, 2.45) is 0 Å². The number of nitrogens with zero attached hydrogens (tertiary/aromatic N) is 4. The minimum Gasteiger partial charge on any atom is -0.370 e. The lowest BCUT2D eigenvalue weighted by atomic mass is 10.1. The second kappa shape index (κ2) is 9.06. The molecule has 2 bridgehead atoms. The minimum absolute atomic E-state index is 0.102. The Hall–Kier alpha value is -2.29. The zero-order valence-corrected chi connectivity index (χ0v) is 18.6. The first-order valence-corrected chi connectivity index (χ1v) is 11.8. The molecule has 9 nitrogen and oxygen atoms in total. The van der Waals surface area contributed by atoms with E-state index < -0.39 is 10.0 Å². The Morgan fingerprint density at radius 2 is 1.77 bits per heavy atom. The minimum atomic E-state index is -3.64. The second-order valence-corrected chi connectivity index (χ2v) is 9.90. The van der Waals surface area contributed by atoms with Crippen molar-refractivity contribution in [1.29, 1.82) is 5.26 Å².